The van der Waals surface area contributed by atoms with Crippen molar-refractivity contribution in [1.82, 2.24) is 19.7 Å². The molecule has 0 saturated heterocycles. The van der Waals surface area contributed by atoms with Gasteiger partial charge >= 0.3 is 29.6 Å². The third-order valence-corrected chi connectivity index (χ3v) is 5.88. The molecular weight excluding hydrogens is 419 g/mol. The number of nitrogens with zero attached hydrogens (tertiary/aromatic N) is 5. The summed E-state index contributed by atoms with van der Waals surface area (Å²) in [6.45, 7) is 11.3. The van der Waals surface area contributed by atoms with Gasteiger partial charge in [-0.05, 0) is 43.2 Å². The van der Waals surface area contributed by atoms with E-state index in [-0.39, 0.29) is 35.6 Å². The van der Waals surface area contributed by atoms with E-state index >= 15 is 0 Å². The van der Waals surface area contributed by atoms with Gasteiger partial charge in [-0.25, -0.2) is 4.98 Å². The van der Waals surface area contributed by atoms with Gasteiger partial charge in [-0.15, -0.1) is 15.8 Å². The van der Waals surface area contributed by atoms with Crippen molar-refractivity contribution in [2.45, 2.75) is 33.4 Å². The minimum absolute atomic E-state index is 0. The fraction of sp³-hybridized carbons (Fsp3) is 0.192. The van der Waals surface area contributed by atoms with Gasteiger partial charge in [0.25, 0.3) is 0 Å². The van der Waals surface area contributed by atoms with E-state index in [1.807, 2.05) is 35.8 Å². The molecule has 2 aromatic heterocycles. The van der Waals surface area contributed by atoms with Gasteiger partial charge in [-0.2, -0.15) is 23.8 Å². The van der Waals surface area contributed by atoms with Gasteiger partial charge in [-0.1, -0.05) is 37.4 Å². The SMILES string of the molecule is C=C1c2cc(-c3cc(C)[c-]cc3N)ccc2CN1c1cccc(-c2nncn2C(C)C)n1.[Na+]. The Balaban J connectivity index is 0.00000259. The molecule has 6 nitrogen and oxygen atoms in total. The van der Waals surface area contributed by atoms with E-state index in [1.165, 1.54) is 5.56 Å². The van der Waals surface area contributed by atoms with E-state index in [9.17, 15) is 0 Å². The number of hydrogen-bond donors (Lipinski definition) is 1. The Hall–Kier alpha value is -2.93. The van der Waals surface area contributed by atoms with Crippen LogP contribution in [-0.4, -0.2) is 19.7 Å². The largest absolute Gasteiger partial charge is 1.00 e. The summed E-state index contributed by atoms with van der Waals surface area (Å²) in [7, 11) is 0. The number of aromatic nitrogens is 4. The third kappa shape index (κ3) is 4.22. The first-order valence-electron chi connectivity index (χ1n) is 10.7. The van der Waals surface area contributed by atoms with Crippen LogP contribution in [0.2, 0.25) is 0 Å². The first-order valence-corrected chi connectivity index (χ1v) is 10.7. The maximum Gasteiger partial charge on any atom is 1.00 e. The average Bonchev–Trinajstić information content (AvgIpc) is 3.41. The van der Waals surface area contributed by atoms with Crippen molar-refractivity contribution in [1.29, 1.82) is 0 Å². The zero-order chi connectivity index (χ0) is 22.4. The second-order valence-corrected chi connectivity index (χ2v) is 8.43. The van der Waals surface area contributed by atoms with Gasteiger partial charge in [-0.3, -0.25) is 0 Å². The summed E-state index contributed by atoms with van der Waals surface area (Å²) < 4.78 is 2.02. The molecule has 1 aliphatic rings. The minimum atomic E-state index is 0. The number of hydrogen-bond acceptors (Lipinski definition) is 5. The maximum absolute atomic E-state index is 6.23. The van der Waals surface area contributed by atoms with Crippen LogP contribution in [-0.2, 0) is 6.54 Å². The van der Waals surface area contributed by atoms with Crippen LogP contribution in [0.4, 0.5) is 11.5 Å². The second-order valence-electron chi connectivity index (χ2n) is 8.43. The second kappa shape index (κ2) is 9.14. The number of nitrogens with two attached hydrogens (primary N) is 1. The Morgan fingerprint density at radius 2 is 1.94 bits per heavy atom. The Morgan fingerprint density at radius 1 is 1.12 bits per heavy atom. The zero-order valence-electron chi connectivity index (χ0n) is 19.5. The fourth-order valence-corrected chi connectivity index (χ4v) is 4.14. The van der Waals surface area contributed by atoms with Crippen LogP contribution in [0.3, 0.4) is 0 Å². The van der Waals surface area contributed by atoms with Gasteiger partial charge in [0.15, 0.2) is 5.82 Å². The molecule has 5 rings (SSSR count). The van der Waals surface area contributed by atoms with E-state index < -0.39 is 0 Å². The smallest absolute Gasteiger partial charge is 0.449 e. The van der Waals surface area contributed by atoms with Gasteiger partial charge in [0, 0.05) is 17.3 Å². The van der Waals surface area contributed by atoms with Crippen LogP contribution in [0.5, 0.6) is 0 Å². The van der Waals surface area contributed by atoms with Gasteiger partial charge in [0.05, 0.1) is 6.54 Å². The molecule has 2 N–H and O–H groups in total. The molecule has 0 fully saturated rings. The number of fused-ring (bicyclic) bond motifs is 1. The number of nitrogen functional groups attached to an aromatic ring is 1. The Labute approximate surface area is 216 Å². The minimum Gasteiger partial charge on any atom is -0.449 e. The van der Waals surface area contributed by atoms with Gasteiger partial charge in [0.2, 0.25) is 0 Å². The van der Waals surface area contributed by atoms with Crippen LogP contribution in [0.15, 0.2) is 61.4 Å². The number of pyridine rings is 1. The van der Waals surface area contributed by atoms with E-state index in [1.54, 1.807) is 6.33 Å². The van der Waals surface area contributed by atoms with Crippen LogP contribution in [0, 0.1) is 13.0 Å². The summed E-state index contributed by atoms with van der Waals surface area (Å²) in [6, 6.07) is 19.7. The number of aryl methyl sites for hydroxylation is 1. The topological polar surface area (TPSA) is 72.9 Å². The summed E-state index contributed by atoms with van der Waals surface area (Å²) in [5, 5.41) is 8.36. The van der Waals surface area contributed by atoms with E-state index in [2.05, 4.69) is 65.9 Å². The van der Waals surface area contributed by atoms with Crippen molar-refractivity contribution in [3.63, 3.8) is 0 Å². The van der Waals surface area contributed by atoms with Gasteiger partial charge < -0.3 is 15.2 Å². The van der Waals surface area contributed by atoms with Crippen molar-refractivity contribution >= 4 is 17.2 Å². The standard InChI is InChI=1S/C26H25N6.Na/c1-16(2)32-15-28-30-26(32)24-6-5-7-25(29-24)31-14-20-10-9-19(13-21(20)18(31)4)22-12-17(3)8-11-23(22)27;/h5-7,9-13,15-16H,4,14,27H2,1-3H3;/q-1;+1. The molecule has 33 heavy (non-hydrogen) atoms. The predicted octanol–water partition coefficient (Wildman–Crippen LogP) is 2.27. The number of benzene rings is 2. The van der Waals surface area contributed by atoms with Crippen molar-refractivity contribution in [2.75, 3.05) is 10.6 Å². The molecule has 2 aromatic carbocycles. The summed E-state index contributed by atoms with van der Waals surface area (Å²) in [5.41, 5.74) is 14.2. The molecule has 0 saturated carbocycles. The molecule has 0 aliphatic carbocycles. The quantitative estimate of drug-likeness (QED) is 0.297. The number of rotatable bonds is 4. The van der Waals surface area contributed by atoms with Gasteiger partial charge in [0.1, 0.15) is 17.8 Å². The van der Waals surface area contributed by atoms with E-state index in [0.717, 1.165) is 57.5 Å². The number of anilines is 2. The molecule has 7 heteroatoms. The molecular formula is C26H25N6Na. The average molecular weight is 445 g/mol. The Kier molecular flexibility index (Phi) is 6.43. The molecule has 0 spiro atoms. The van der Waals surface area contributed by atoms with Crippen molar-refractivity contribution in [2.24, 2.45) is 0 Å². The van der Waals surface area contributed by atoms with Crippen LogP contribution >= 0.6 is 0 Å². The molecule has 0 atom stereocenters. The monoisotopic (exact) mass is 444 g/mol. The van der Waals surface area contributed by atoms with E-state index in [4.69, 9.17) is 10.7 Å². The van der Waals surface area contributed by atoms with Crippen LogP contribution < -0.4 is 40.2 Å². The normalized spacial score (nSPS) is 12.7. The Bertz CT molecular complexity index is 1340. The van der Waals surface area contributed by atoms with Crippen molar-refractivity contribution in [3.05, 3.63) is 84.2 Å². The molecule has 0 bridgehead atoms. The molecule has 4 aromatic rings. The molecule has 0 radical (unpaired) electrons. The maximum atomic E-state index is 6.23. The van der Waals surface area contributed by atoms with Crippen molar-refractivity contribution in [3.8, 4) is 22.6 Å². The third-order valence-electron chi connectivity index (χ3n) is 5.88. The molecule has 1 aliphatic heterocycles. The fourth-order valence-electron chi connectivity index (χ4n) is 4.14. The molecule has 160 valence electrons. The predicted molar refractivity (Wildman–Crippen MR) is 129 cm³/mol. The Morgan fingerprint density at radius 3 is 2.73 bits per heavy atom. The first-order chi connectivity index (χ1) is 15.4. The van der Waals surface area contributed by atoms with Crippen LogP contribution in [0.25, 0.3) is 28.3 Å². The molecule has 0 unspecified atom stereocenters. The summed E-state index contributed by atoms with van der Waals surface area (Å²) in [5.74, 6) is 1.60. The van der Waals surface area contributed by atoms with Crippen molar-refractivity contribution < 1.29 is 29.6 Å². The summed E-state index contributed by atoms with van der Waals surface area (Å²) >= 11 is 0. The zero-order valence-corrected chi connectivity index (χ0v) is 21.5. The summed E-state index contributed by atoms with van der Waals surface area (Å²) in [6.07, 6.45) is 1.75. The summed E-state index contributed by atoms with van der Waals surface area (Å²) in [4.78, 5) is 7.04. The van der Waals surface area contributed by atoms with E-state index in [0.29, 0.717) is 0 Å². The molecule has 0 amide bonds. The first kappa shape index (κ1) is 23.2. The van der Waals surface area contributed by atoms with Crippen LogP contribution in [0.1, 0.15) is 36.6 Å². The molecule has 3 heterocycles.